The molecule has 1 aromatic carbocycles. The van der Waals surface area contributed by atoms with Crippen LogP contribution in [-0.4, -0.2) is 21.2 Å². The predicted molar refractivity (Wildman–Crippen MR) is 72.5 cm³/mol. The maximum atomic E-state index is 10.6. The van der Waals surface area contributed by atoms with Gasteiger partial charge in [-0.2, -0.15) is 5.10 Å². The highest BCUT2D eigenvalue weighted by Gasteiger charge is 2.13. The lowest BCUT2D eigenvalue weighted by molar-refractivity contribution is -0.384. The fourth-order valence-electron chi connectivity index (χ4n) is 2.15. The number of nitrogens with zero attached hydrogens (tertiary/aromatic N) is 3. The van der Waals surface area contributed by atoms with E-state index in [9.17, 15) is 10.1 Å². The van der Waals surface area contributed by atoms with Crippen LogP contribution in [0.4, 0.5) is 5.69 Å². The molecule has 2 rings (SSSR count). The van der Waals surface area contributed by atoms with Gasteiger partial charge in [-0.1, -0.05) is 0 Å². The molecule has 0 unspecified atom stereocenters. The number of hydrogen-bond acceptors (Lipinski definition) is 4. The van der Waals surface area contributed by atoms with Gasteiger partial charge in [-0.15, -0.1) is 0 Å². The number of rotatable bonds is 4. The quantitative estimate of drug-likeness (QED) is 0.671. The first kappa shape index (κ1) is 13.2. The van der Waals surface area contributed by atoms with Crippen molar-refractivity contribution in [3.63, 3.8) is 0 Å². The minimum absolute atomic E-state index is 0.0764. The molecule has 0 saturated heterocycles. The highest BCUT2D eigenvalue weighted by molar-refractivity contribution is 5.42. The predicted octanol–water partition coefficient (Wildman–Crippen LogP) is 1.90. The van der Waals surface area contributed by atoms with Gasteiger partial charge in [0.1, 0.15) is 0 Å². The number of aromatic nitrogens is 2. The number of nitrogens with two attached hydrogens (primary N) is 1. The summed E-state index contributed by atoms with van der Waals surface area (Å²) in [6.45, 7) is 4.50. The summed E-state index contributed by atoms with van der Waals surface area (Å²) in [6, 6.07) is 6.36. The Kier molecular flexibility index (Phi) is 3.62. The van der Waals surface area contributed by atoms with Crippen molar-refractivity contribution in [3.8, 4) is 5.69 Å². The number of nitro groups is 1. The van der Waals surface area contributed by atoms with Gasteiger partial charge in [-0.05, 0) is 44.5 Å². The fraction of sp³-hybridized carbons (Fsp3) is 0.308. The molecule has 100 valence electrons. The lowest BCUT2D eigenvalue weighted by Crippen LogP contribution is -2.05. The number of nitro benzene ring substituents is 1. The number of benzene rings is 1. The van der Waals surface area contributed by atoms with Crippen LogP contribution in [0, 0.1) is 24.0 Å². The van der Waals surface area contributed by atoms with E-state index in [1.54, 1.807) is 16.8 Å². The van der Waals surface area contributed by atoms with Crippen LogP contribution in [0.15, 0.2) is 24.3 Å². The third-order valence-corrected chi connectivity index (χ3v) is 3.14. The number of hydrogen-bond donors (Lipinski definition) is 1. The van der Waals surface area contributed by atoms with Crippen molar-refractivity contribution in [2.45, 2.75) is 20.3 Å². The zero-order chi connectivity index (χ0) is 14.0. The molecular weight excluding hydrogens is 244 g/mol. The zero-order valence-corrected chi connectivity index (χ0v) is 11.0. The van der Waals surface area contributed by atoms with E-state index < -0.39 is 4.92 Å². The van der Waals surface area contributed by atoms with Gasteiger partial charge in [0.05, 0.1) is 16.3 Å². The van der Waals surface area contributed by atoms with E-state index in [1.807, 2.05) is 13.8 Å². The Morgan fingerprint density at radius 1 is 1.32 bits per heavy atom. The molecular formula is C13H16N4O2. The molecule has 0 amide bonds. The summed E-state index contributed by atoms with van der Waals surface area (Å²) in [5, 5.41) is 15.1. The van der Waals surface area contributed by atoms with E-state index in [1.165, 1.54) is 12.1 Å². The summed E-state index contributed by atoms with van der Waals surface area (Å²) in [7, 11) is 0. The number of non-ortho nitro benzene ring substituents is 1. The van der Waals surface area contributed by atoms with E-state index in [2.05, 4.69) is 5.10 Å². The Morgan fingerprint density at radius 3 is 2.47 bits per heavy atom. The van der Waals surface area contributed by atoms with Gasteiger partial charge in [-0.25, -0.2) is 4.68 Å². The van der Waals surface area contributed by atoms with Crippen molar-refractivity contribution in [2.24, 2.45) is 5.73 Å². The monoisotopic (exact) mass is 260 g/mol. The summed E-state index contributed by atoms with van der Waals surface area (Å²) in [5.41, 5.74) is 9.59. The van der Waals surface area contributed by atoms with Crippen molar-refractivity contribution in [3.05, 3.63) is 51.3 Å². The van der Waals surface area contributed by atoms with Crippen LogP contribution in [-0.2, 0) is 6.42 Å². The molecule has 1 aromatic heterocycles. The van der Waals surface area contributed by atoms with Crippen LogP contribution in [0.1, 0.15) is 17.0 Å². The second kappa shape index (κ2) is 5.19. The molecule has 6 nitrogen and oxygen atoms in total. The van der Waals surface area contributed by atoms with Gasteiger partial charge in [-0.3, -0.25) is 10.1 Å². The van der Waals surface area contributed by atoms with Crippen molar-refractivity contribution >= 4 is 5.69 Å². The van der Waals surface area contributed by atoms with Crippen molar-refractivity contribution < 1.29 is 4.92 Å². The Labute approximate surface area is 111 Å². The molecule has 2 N–H and O–H groups in total. The second-order valence-corrected chi connectivity index (χ2v) is 4.37. The SMILES string of the molecule is Cc1nn(-c2ccc([N+](=O)[O-])cc2)c(C)c1CCN. The summed E-state index contributed by atoms with van der Waals surface area (Å²) >= 11 is 0. The molecule has 1 heterocycles. The molecule has 0 saturated carbocycles. The van der Waals surface area contributed by atoms with Gasteiger partial charge in [0.2, 0.25) is 0 Å². The highest BCUT2D eigenvalue weighted by atomic mass is 16.6. The molecule has 0 atom stereocenters. The Hall–Kier alpha value is -2.21. The van der Waals surface area contributed by atoms with E-state index in [4.69, 9.17) is 5.73 Å². The highest BCUT2D eigenvalue weighted by Crippen LogP contribution is 2.20. The summed E-state index contributed by atoms with van der Waals surface area (Å²) in [6.07, 6.45) is 0.782. The Balaban J connectivity index is 2.41. The van der Waals surface area contributed by atoms with Crippen molar-refractivity contribution in [1.82, 2.24) is 9.78 Å². The van der Waals surface area contributed by atoms with Crippen molar-refractivity contribution in [1.29, 1.82) is 0 Å². The van der Waals surface area contributed by atoms with E-state index in [-0.39, 0.29) is 5.69 Å². The topological polar surface area (TPSA) is 87.0 Å². The molecule has 2 aromatic rings. The second-order valence-electron chi connectivity index (χ2n) is 4.37. The van der Waals surface area contributed by atoms with Crippen LogP contribution in [0.2, 0.25) is 0 Å². The first-order valence-corrected chi connectivity index (χ1v) is 6.04. The third-order valence-electron chi connectivity index (χ3n) is 3.14. The molecule has 19 heavy (non-hydrogen) atoms. The molecule has 0 fully saturated rings. The van der Waals surface area contributed by atoms with Gasteiger partial charge in [0.25, 0.3) is 5.69 Å². The summed E-state index contributed by atoms with van der Waals surface area (Å²) < 4.78 is 1.80. The maximum Gasteiger partial charge on any atom is 0.269 e. The van der Waals surface area contributed by atoms with Gasteiger partial charge >= 0.3 is 0 Å². The molecule has 0 spiro atoms. The van der Waals surface area contributed by atoms with E-state index in [0.29, 0.717) is 6.54 Å². The lowest BCUT2D eigenvalue weighted by atomic mass is 10.1. The van der Waals surface area contributed by atoms with Crippen LogP contribution in [0.3, 0.4) is 0 Å². The van der Waals surface area contributed by atoms with E-state index >= 15 is 0 Å². The van der Waals surface area contributed by atoms with Crippen LogP contribution in [0.5, 0.6) is 0 Å². The molecule has 0 aliphatic carbocycles. The largest absolute Gasteiger partial charge is 0.330 e. The average Bonchev–Trinajstić information content (AvgIpc) is 2.67. The maximum absolute atomic E-state index is 10.6. The molecule has 0 aliphatic rings. The molecule has 6 heteroatoms. The minimum atomic E-state index is -0.412. The molecule has 0 bridgehead atoms. The number of aryl methyl sites for hydroxylation is 1. The lowest BCUT2D eigenvalue weighted by Gasteiger charge is -2.04. The Morgan fingerprint density at radius 2 is 1.95 bits per heavy atom. The minimum Gasteiger partial charge on any atom is -0.330 e. The van der Waals surface area contributed by atoms with Gasteiger partial charge < -0.3 is 5.73 Å². The summed E-state index contributed by atoms with van der Waals surface area (Å²) in [4.78, 5) is 10.2. The first-order chi connectivity index (χ1) is 9.04. The fourth-order valence-corrected chi connectivity index (χ4v) is 2.15. The average molecular weight is 260 g/mol. The van der Waals surface area contributed by atoms with Gasteiger partial charge in [0.15, 0.2) is 0 Å². The van der Waals surface area contributed by atoms with Crippen LogP contribution in [0.25, 0.3) is 5.69 Å². The first-order valence-electron chi connectivity index (χ1n) is 6.04. The Bertz CT molecular complexity index is 602. The third kappa shape index (κ3) is 2.48. The van der Waals surface area contributed by atoms with Crippen molar-refractivity contribution in [2.75, 3.05) is 6.54 Å². The van der Waals surface area contributed by atoms with Gasteiger partial charge in [0, 0.05) is 17.8 Å². The van der Waals surface area contributed by atoms with Crippen LogP contribution < -0.4 is 5.73 Å². The molecule has 0 aliphatic heterocycles. The van der Waals surface area contributed by atoms with Crippen LogP contribution >= 0.6 is 0 Å². The molecule has 0 radical (unpaired) electrons. The normalized spacial score (nSPS) is 10.7. The standard InChI is InChI=1S/C13H16N4O2/c1-9-13(7-8-14)10(2)16(15-9)11-3-5-12(6-4-11)17(18)19/h3-6H,7-8,14H2,1-2H3. The summed E-state index contributed by atoms with van der Waals surface area (Å²) in [5.74, 6) is 0. The van der Waals surface area contributed by atoms with E-state index in [0.717, 1.165) is 29.1 Å². The smallest absolute Gasteiger partial charge is 0.269 e. The zero-order valence-electron chi connectivity index (χ0n) is 11.0.